The van der Waals surface area contributed by atoms with Gasteiger partial charge in [0.1, 0.15) is 0 Å². The van der Waals surface area contributed by atoms with Crippen molar-refractivity contribution >= 4 is 5.97 Å². The molecule has 1 aromatic carbocycles. The predicted molar refractivity (Wildman–Crippen MR) is 55.7 cm³/mol. The van der Waals surface area contributed by atoms with Crippen molar-refractivity contribution < 1.29 is 15.0 Å². The summed E-state index contributed by atoms with van der Waals surface area (Å²) in [7, 11) is 0. The molecule has 15 heavy (non-hydrogen) atoms. The number of carboxylic acids is 1. The van der Waals surface area contributed by atoms with Crippen molar-refractivity contribution in [3.8, 4) is 0 Å². The summed E-state index contributed by atoms with van der Waals surface area (Å²) in [4.78, 5) is 10.7. The van der Waals surface area contributed by atoms with E-state index in [4.69, 9.17) is 5.11 Å². The fraction of sp³-hybridized carbons (Fsp3) is 0.417. The van der Waals surface area contributed by atoms with Crippen molar-refractivity contribution in [2.45, 2.75) is 31.8 Å². The highest BCUT2D eigenvalue weighted by Crippen LogP contribution is 2.42. The zero-order valence-corrected chi connectivity index (χ0v) is 8.60. The zero-order chi connectivity index (χ0) is 11.0. The van der Waals surface area contributed by atoms with Crippen molar-refractivity contribution in [3.63, 3.8) is 0 Å². The monoisotopic (exact) mass is 206 g/mol. The number of hydrogen-bond donors (Lipinski definition) is 2. The number of fused-ring (bicyclic) bond motifs is 1. The van der Waals surface area contributed by atoms with Gasteiger partial charge in [-0.15, -0.1) is 0 Å². The van der Waals surface area contributed by atoms with Crippen LogP contribution in [0.5, 0.6) is 0 Å². The Morgan fingerprint density at radius 3 is 2.87 bits per heavy atom. The highest BCUT2D eigenvalue weighted by molar-refractivity contribution is 5.68. The lowest BCUT2D eigenvalue weighted by atomic mass is 9.97. The Morgan fingerprint density at radius 1 is 1.47 bits per heavy atom. The van der Waals surface area contributed by atoms with Gasteiger partial charge in [0.15, 0.2) is 0 Å². The number of carboxylic acid groups (broad SMARTS) is 1. The first-order valence-corrected chi connectivity index (χ1v) is 5.08. The average Bonchev–Trinajstić information content (AvgIpc) is 2.42. The maximum atomic E-state index is 10.7. The van der Waals surface area contributed by atoms with Gasteiger partial charge in [0, 0.05) is 0 Å². The molecule has 1 aliphatic carbocycles. The van der Waals surface area contributed by atoms with Gasteiger partial charge in [-0.25, -0.2) is 0 Å². The first-order valence-electron chi connectivity index (χ1n) is 5.08. The summed E-state index contributed by atoms with van der Waals surface area (Å²) in [6.07, 6.45) is 0.141. The summed E-state index contributed by atoms with van der Waals surface area (Å²) in [5, 5.41) is 18.6. The molecule has 0 bridgehead atoms. The molecule has 1 aromatic rings. The van der Waals surface area contributed by atoms with E-state index < -0.39 is 12.1 Å². The van der Waals surface area contributed by atoms with E-state index in [0.717, 1.165) is 16.7 Å². The molecule has 2 atom stereocenters. The van der Waals surface area contributed by atoms with Gasteiger partial charge in [-0.3, -0.25) is 4.79 Å². The van der Waals surface area contributed by atoms with Crippen LogP contribution >= 0.6 is 0 Å². The van der Waals surface area contributed by atoms with Crippen molar-refractivity contribution in [3.05, 3.63) is 34.9 Å². The van der Waals surface area contributed by atoms with Crippen LogP contribution in [-0.4, -0.2) is 16.2 Å². The van der Waals surface area contributed by atoms with Crippen LogP contribution in [0.25, 0.3) is 0 Å². The summed E-state index contributed by atoms with van der Waals surface area (Å²) >= 11 is 0. The van der Waals surface area contributed by atoms with Crippen LogP contribution in [0.1, 0.15) is 41.6 Å². The highest BCUT2D eigenvalue weighted by Gasteiger charge is 2.30. The number of rotatable bonds is 2. The molecule has 2 N–H and O–H groups in total. The Labute approximate surface area is 88.4 Å². The van der Waals surface area contributed by atoms with Gasteiger partial charge in [0.05, 0.1) is 12.5 Å². The maximum Gasteiger partial charge on any atom is 0.303 e. The Balaban J connectivity index is 2.33. The SMILES string of the molecule is Cc1ccc2c(c1)C(O)CC2CC(=O)O. The summed E-state index contributed by atoms with van der Waals surface area (Å²) in [6, 6.07) is 5.85. The van der Waals surface area contributed by atoms with E-state index in [1.54, 1.807) is 0 Å². The van der Waals surface area contributed by atoms with Crippen LogP contribution in [0.4, 0.5) is 0 Å². The minimum atomic E-state index is -0.805. The fourth-order valence-corrected chi connectivity index (χ4v) is 2.28. The lowest BCUT2D eigenvalue weighted by molar-refractivity contribution is -0.137. The van der Waals surface area contributed by atoms with Gasteiger partial charge in [0.2, 0.25) is 0 Å². The zero-order valence-electron chi connectivity index (χ0n) is 8.60. The second-order valence-electron chi connectivity index (χ2n) is 4.18. The average molecular weight is 206 g/mol. The summed E-state index contributed by atoms with van der Waals surface area (Å²) in [5.74, 6) is -0.839. The number of aryl methyl sites for hydroxylation is 1. The van der Waals surface area contributed by atoms with Gasteiger partial charge >= 0.3 is 5.97 Å². The Kier molecular flexibility index (Phi) is 2.49. The minimum Gasteiger partial charge on any atom is -0.481 e. The number of hydrogen-bond acceptors (Lipinski definition) is 2. The largest absolute Gasteiger partial charge is 0.481 e. The van der Waals surface area contributed by atoms with Crippen LogP contribution in [0.2, 0.25) is 0 Å². The quantitative estimate of drug-likeness (QED) is 0.778. The molecule has 2 rings (SSSR count). The molecular weight excluding hydrogens is 192 g/mol. The molecule has 80 valence electrons. The van der Waals surface area contributed by atoms with Gasteiger partial charge < -0.3 is 10.2 Å². The molecule has 2 unspecified atom stereocenters. The van der Waals surface area contributed by atoms with Gasteiger partial charge in [-0.1, -0.05) is 23.8 Å². The number of aliphatic hydroxyl groups excluding tert-OH is 1. The molecule has 3 nitrogen and oxygen atoms in total. The van der Waals surface area contributed by atoms with E-state index in [2.05, 4.69) is 0 Å². The fourth-order valence-electron chi connectivity index (χ4n) is 2.28. The molecule has 0 saturated heterocycles. The number of benzene rings is 1. The second kappa shape index (κ2) is 3.66. The Hall–Kier alpha value is -1.35. The lowest BCUT2D eigenvalue weighted by Crippen LogP contribution is -2.03. The highest BCUT2D eigenvalue weighted by atomic mass is 16.4. The Morgan fingerprint density at radius 2 is 2.20 bits per heavy atom. The maximum absolute atomic E-state index is 10.7. The van der Waals surface area contributed by atoms with Crippen LogP contribution in [0, 0.1) is 6.92 Å². The van der Waals surface area contributed by atoms with E-state index in [1.807, 2.05) is 25.1 Å². The summed E-state index contributed by atoms with van der Waals surface area (Å²) in [6.45, 7) is 1.97. The van der Waals surface area contributed by atoms with Crippen molar-refractivity contribution in [2.75, 3.05) is 0 Å². The van der Waals surface area contributed by atoms with Gasteiger partial charge in [-0.2, -0.15) is 0 Å². The normalized spacial score (nSPS) is 23.9. The third kappa shape index (κ3) is 1.88. The predicted octanol–water partition coefficient (Wildman–Crippen LogP) is 1.99. The van der Waals surface area contributed by atoms with E-state index >= 15 is 0 Å². The van der Waals surface area contributed by atoms with Crippen molar-refractivity contribution in [1.29, 1.82) is 0 Å². The molecule has 0 spiro atoms. The van der Waals surface area contributed by atoms with Crippen LogP contribution in [0.15, 0.2) is 18.2 Å². The van der Waals surface area contributed by atoms with Crippen LogP contribution in [0.3, 0.4) is 0 Å². The molecular formula is C12H14O3. The minimum absolute atomic E-state index is 0.0342. The number of aliphatic hydroxyl groups is 1. The summed E-state index contributed by atoms with van der Waals surface area (Å²) < 4.78 is 0. The molecule has 1 aliphatic rings. The molecule has 0 radical (unpaired) electrons. The molecule has 0 saturated carbocycles. The van der Waals surface area contributed by atoms with Gasteiger partial charge in [-0.05, 0) is 30.4 Å². The first kappa shape index (κ1) is 10.2. The third-order valence-corrected chi connectivity index (χ3v) is 2.97. The molecule has 0 amide bonds. The topological polar surface area (TPSA) is 57.5 Å². The van der Waals surface area contributed by atoms with Crippen LogP contribution in [-0.2, 0) is 4.79 Å². The smallest absolute Gasteiger partial charge is 0.303 e. The second-order valence-corrected chi connectivity index (χ2v) is 4.18. The number of aliphatic carboxylic acids is 1. The molecule has 3 heteroatoms. The summed E-state index contributed by atoms with van der Waals surface area (Å²) in [5.41, 5.74) is 3.00. The number of carbonyl (C=O) groups is 1. The van der Waals surface area contributed by atoms with Crippen molar-refractivity contribution in [1.82, 2.24) is 0 Å². The van der Waals surface area contributed by atoms with E-state index in [9.17, 15) is 9.90 Å². The molecule has 0 fully saturated rings. The first-order chi connectivity index (χ1) is 7.08. The van der Waals surface area contributed by atoms with Gasteiger partial charge in [0.25, 0.3) is 0 Å². The third-order valence-electron chi connectivity index (χ3n) is 2.97. The van der Waals surface area contributed by atoms with Crippen LogP contribution < -0.4 is 0 Å². The Bertz CT molecular complexity index is 398. The lowest BCUT2D eigenvalue weighted by Gasteiger charge is -2.07. The van der Waals surface area contributed by atoms with E-state index in [0.29, 0.717) is 6.42 Å². The van der Waals surface area contributed by atoms with Crippen molar-refractivity contribution in [2.24, 2.45) is 0 Å². The molecule has 0 aliphatic heterocycles. The standard InChI is InChI=1S/C12H14O3/c1-7-2-3-9-8(6-12(14)15)5-11(13)10(9)4-7/h2-4,8,11,13H,5-6H2,1H3,(H,14,15). The molecule has 0 heterocycles. The van der Waals surface area contributed by atoms with E-state index in [-0.39, 0.29) is 12.3 Å². The van der Waals surface area contributed by atoms with E-state index in [1.165, 1.54) is 0 Å². The molecule has 0 aromatic heterocycles.